The number of carbonyl (C=O) groups excluding carboxylic acids is 1. The van der Waals surface area contributed by atoms with Crippen molar-refractivity contribution in [2.24, 2.45) is 0 Å². The van der Waals surface area contributed by atoms with Crippen molar-refractivity contribution in [2.75, 3.05) is 20.3 Å². The van der Waals surface area contributed by atoms with Crippen LogP contribution < -0.4 is 5.43 Å². The number of hydrogen-bond donors (Lipinski definition) is 0. The maximum atomic E-state index is 13.5. The van der Waals surface area contributed by atoms with Crippen LogP contribution in [0.25, 0.3) is 11.0 Å². The zero-order valence-corrected chi connectivity index (χ0v) is 16.7. The normalized spacial score (nSPS) is 16.1. The van der Waals surface area contributed by atoms with Gasteiger partial charge in [-0.2, -0.15) is 0 Å². The van der Waals surface area contributed by atoms with Gasteiger partial charge in [-0.15, -0.1) is 0 Å². The highest BCUT2D eigenvalue weighted by molar-refractivity contribution is 6.30. The first-order chi connectivity index (χ1) is 13.4. The van der Waals surface area contributed by atoms with Crippen LogP contribution in [0.2, 0.25) is 5.02 Å². The van der Waals surface area contributed by atoms with Crippen molar-refractivity contribution >= 4 is 28.5 Å². The number of halogens is 1. The van der Waals surface area contributed by atoms with E-state index in [0.29, 0.717) is 34.7 Å². The molecule has 0 aliphatic carbocycles. The predicted octanol–water partition coefficient (Wildman–Crippen LogP) is 4.25. The maximum Gasteiger partial charge on any atom is 0.290 e. The highest BCUT2D eigenvalue weighted by Gasteiger charge is 2.42. The van der Waals surface area contributed by atoms with Gasteiger partial charge < -0.3 is 14.1 Å². The first-order valence-electron chi connectivity index (χ1n) is 9.05. The van der Waals surface area contributed by atoms with E-state index in [1.807, 2.05) is 38.1 Å². The topological polar surface area (TPSA) is 59.8 Å². The molecule has 5 nitrogen and oxygen atoms in total. The molecule has 4 rings (SSSR count). The van der Waals surface area contributed by atoms with E-state index in [-0.39, 0.29) is 17.1 Å². The molecule has 0 fully saturated rings. The molecule has 2 heterocycles. The van der Waals surface area contributed by atoms with E-state index in [4.69, 9.17) is 20.8 Å². The number of benzene rings is 2. The first kappa shape index (κ1) is 18.7. The Balaban J connectivity index is 2.01. The molecule has 0 bridgehead atoms. The molecule has 0 saturated carbocycles. The van der Waals surface area contributed by atoms with E-state index in [1.165, 1.54) is 0 Å². The zero-order valence-electron chi connectivity index (χ0n) is 15.9. The molecule has 1 aliphatic rings. The Morgan fingerprint density at radius 1 is 1.18 bits per heavy atom. The van der Waals surface area contributed by atoms with E-state index in [0.717, 1.165) is 16.7 Å². The molecule has 1 amide bonds. The Morgan fingerprint density at radius 2 is 1.96 bits per heavy atom. The van der Waals surface area contributed by atoms with E-state index < -0.39 is 6.04 Å². The molecule has 144 valence electrons. The average Bonchev–Trinajstić information content (AvgIpc) is 2.93. The predicted molar refractivity (Wildman–Crippen MR) is 108 cm³/mol. The lowest BCUT2D eigenvalue weighted by Crippen LogP contribution is -2.32. The van der Waals surface area contributed by atoms with Crippen LogP contribution in [0.3, 0.4) is 0 Å². The number of hydrogen-bond acceptors (Lipinski definition) is 4. The lowest BCUT2D eigenvalue weighted by Gasteiger charge is -2.24. The third-order valence-electron chi connectivity index (χ3n) is 5.10. The summed E-state index contributed by atoms with van der Waals surface area (Å²) in [7, 11) is 1.58. The third kappa shape index (κ3) is 2.91. The Hall–Kier alpha value is -2.63. The monoisotopic (exact) mass is 397 g/mol. The Labute approximate surface area is 167 Å². The summed E-state index contributed by atoms with van der Waals surface area (Å²) < 4.78 is 11.2. The molecular formula is C22H20ClNO4. The van der Waals surface area contributed by atoms with Gasteiger partial charge in [-0.25, -0.2) is 0 Å². The number of fused-ring (bicyclic) bond motifs is 2. The number of amides is 1. The highest BCUT2D eigenvalue weighted by Crippen LogP contribution is 2.39. The second-order valence-electron chi connectivity index (χ2n) is 7.08. The molecule has 1 aliphatic heterocycles. The molecule has 1 unspecified atom stereocenters. The summed E-state index contributed by atoms with van der Waals surface area (Å²) >= 11 is 6.19. The van der Waals surface area contributed by atoms with Crippen molar-refractivity contribution < 1.29 is 13.9 Å². The standard InChI is InChI=1S/C22H20ClNO4/c1-12-9-13(2)20-16(10-12)19(25)17-18(14-5-4-6-15(23)11-14)24(7-8-27-3)22(26)21(17)28-20/h4-6,9-11,18H,7-8H2,1-3H3. The summed E-state index contributed by atoms with van der Waals surface area (Å²) in [6.07, 6.45) is 0. The molecule has 28 heavy (non-hydrogen) atoms. The van der Waals surface area contributed by atoms with Crippen LogP contribution in [0.15, 0.2) is 45.6 Å². The van der Waals surface area contributed by atoms with Gasteiger partial charge in [-0.05, 0) is 48.7 Å². The average molecular weight is 398 g/mol. The number of aryl methyl sites for hydroxylation is 2. The largest absolute Gasteiger partial charge is 0.450 e. The second kappa shape index (κ2) is 7.08. The molecule has 6 heteroatoms. The fourth-order valence-corrected chi connectivity index (χ4v) is 4.12. The first-order valence-corrected chi connectivity index (χ1v) is 9.43. The van der Waals surface area contributed by atoms with Crippen molar-refractivity contribution in [1.29, 1.82) is 0 Å². The molecule has 1 aromatic heterocycles. The van der Waals surface area contributed by atoms with E-state index in [9.17, 15) is 9.59 Å². The van der Waals surface area contributed by atoms with Crippen LogP contribution in [0, 0.1) is 13.8 Å². The fourth-order valence-electron chi connectivity index (χ4n) is 3.92. The molecular weight excluding hydrogens is 378 g/mol. The third-order valence-corrected chi connectivity index (χ3v) is 5.33. The second-order valence-corrected chi connectivity index (χ2v) is 7.52. The van der Waals surface area contributed by atoms with Crippen molar-refractivity contribution in [1.82, 2.24) is 4.90 Å². The van der Waals surface area contributed by atoms with Gasteiger partial charge in [0, 0.05) is 18.7 Å². The van der Waals surface area contributed by atoms with Gasteiger partial charge in [0.15, 0.2) is 5.43 Å². The maximum absolute atomic E-state index is 13.5. The lowest BCUT2D eigenvalue weighted by atomic mass is 9.97. The number of carbonyl (C=O) groups is 1. The Morgan fingerprint density at radius 3 is 2.68 bits per heavy atom. The van der Waals surface area contributed by atoms with Crippen LogP contribution in [-0.4, -0.2) is 31.1 Å². The molecule has 2 aromatic carbocycles. The van der Waals surface area contributed by atoms with Crippen molar-refractivity contribution in [3.63, 3.8) is 0 Å². The van der Waals surface area contributed by atoms with Gasteiger partial charge in [-0.3, -0.25) is 9.59 Å². The smallest absolute Gasteiger partial charge is 0.290 e. The van der Waals surface area contributed by atoms with Crippen molar-refractivity contribution in [3.8, 4) is 0 Å². The zero-order chi connectivity index (χ0) is 20.0. The number of methoxy groups -OCH3 is 1. The van der Waals surface area contributed by atoms with E-state index in [2.05, 4.69) is 0 Å². The number of nitrogens with zero attached hydrogens (tertiary/aromatic N) is 1. The van der Waals surface area contributed by atoms with Crippen LogP contribution in [0.1, 0.15) is 38.9 Å². The Kier molecular flexibility index (Phi) is 4.73. The van der Waals surface area contributed by atoms with Gasteiger partial charge in [0.1, 0.15) is 5.58 Å². The summed E-state index contributed by atoms with van der Waals surface area (Å²) in [5, 5.41) is 1.03. The van der Waals surface area contributed by atoms with Gasteiger partial charge in [0.2, 0.25) is 5.76 Å². The quantitative estimate of drug-likeness (QED) is 0.660. The molecule has 0 radical (unpaired) electrons. The van der Waals surface area contributed by atoms with Crippen LogP contribution in [0.5, 0.6) is 0 Å². The summed E-state index contributed by atoms with van der Waals surface area (Å²) in [6.45, 7) is 4.50. The van der Waals surface area contributed by atoms with Crippen molar-refractivity contribution in [3.05, 3.63) is 79.7 Å². The summed E-state index contributed by atoms with van der Waals surface area (Å²) in [5.41, 5.74) is 3.21. The summed E-state index contributed by atoms with van der Waals surface area (Å²) in [6, 6.07) is 10.4. The Bertz CT molecular complexity index is 1150. The molecule has 1 atom stereocenters. The van der Waals surface area contributed by atoms with Gasteiger partial charge >= 0.3 is 0 Å². The van der Waals surface area contributed by atoms with Crippen LogP contribution in [0.4, 0.5) is 0 Å². The summed E-state index contributed by atoms with van der Waals surface area (Å²) in [5.74, 6) is -0.207. The number of rotatable bonds is 4. The number of ether oxygens (including phenoxy) is 1. The van der Waals surface area contributed by atoms with Gasteiger partial charge in [0.25, 0.3) is 5.91 Å². The van der Waals surface area contributed by atoms with Crippen LogP contribution >= 0.6 is 11.6 Å². The fraction of sp³-hybridized carbons (Fsp3) is 0.273. The lowest BCUT2D eigenvalue weighted by molar-refractivity contribution is 0.0663. The minimum Gasteiger partial charge on any atom is -0.450 e. The van der Waals surface area contributed by atoms with Crippen LogP contribution in [-0.2, 0) is 4.74 Å². The van der Waals surface area contributed by atoms with E-state index >= 15 is 0 Å². The van der Waals surface area contributed by atoms with Crippen molar-refractivity contribution in [2.45, 2.75) is 19.9 Å². The molecule has 0 saturated heterocycles. The molecule has 3 aromatic rings. The molecule has 0 spiro atoms. The highest BCUT2D eigenvalue weighted by atomic mass is 35.5. The minimum atomic E-state index is -0.558. The minimum absolute atomic E-state index is 0.102. The SMILES string of the molecule is COCCN1C(=O)c2oc3c(C)cc(C)cc3c(=O)c2C1c1cccc(Cl)c1. The summed E-state index contributed by atoms with van der Waals surface area (Å²) in [4.78, 5) is 28.2. The van der Waals surface area contributed by atoms with Gasteiger partial charge in [0.05, 0.1) is 23.6 Å². The molecule has 0 N–H and O–H groups in total. The van der Waals surface area contributed by atoms with Gasteiger partial charge in [-0.1, -0.05) is 29.8 Å². The van der Waals surface area contributed by atoms with E-state index in [1.54, 1.807) is 24.1 Å².